The van der Waals surface area contributed by atoms with E-state index in [0.717, 1.165) is 45.6 Å². The molecule has 0 aromatic carbocycles. The number of rotatable bonds is 9. The van der Waals surface area contributed by atoms with Crippen LogP contribution in [0.5, 0.6) is 0 Å². The van der Waals surface area contributed by atoms with E-state index in [-0.39, 0.29) is 0 Å². The highest BCUT2D eigenvalue weighted by molar-refractivity contribution is 4.75. The zero-order chi connectivity index (χ0) is 12.3. The monoisotopic (exact) mass is 243 g/mol. The fourth-order valence-electron chi connectivity index (χ4n) is 2.18. The van der Waals surface area contributed by atoms with Crippen molar-refractivity contribution >= 4 is 0 Å². The van der Waals surface area contributed by atoms with Crippen LogP contribution in [-0.4, -0.2) is 38.5 Å². The molecule has 1 saturated heterocycles. The van der Waals surface area contributed by atoms with Crippen molar-refractivity contribution in [3.05, 3.63) is 0 Å². The van der Waals surface area contributed by atoms with Crippen molar-refractivity contribution in [1.29, 1.82) is 0 Å². The van der Waals surface area contributed by atoms with E-state index in [9.17, 15) is 0 Å². The first-order valence-electron chi connectivity index (χ1n) is 7.29. The van der Waals surface area contributed by atoms with Gasteiger partial charge in [0.2, 0.25) is 0 Å². The van der Waals surface area contributed by atoms with E-state index in [1.165, 1.54) is 19.3 Å². The number of unbranched alkanes of at least 4 members (excludes halogenated alkanes) is 1. The van der Waals surface area contributed by atoms with Gasteiger partial charge in [0.1, 0.15) is 0 Å². The SMILES string of the molecule is CCCCOCCCNC1CCOC(CC)C1. The quantitative estimate of drug-likeness (QED) is 0.632. The molecule has 0 spiro atoms. The zero-order valence-electron chi connectivity index (χ0n) is 11.5. The molecule has 1 heterocycles. The van der Waals surface area contributed by atoms with Crippen LogP contribution in [0.3, 0.4) is 0 Å². The molecular weight excluding hydrogens is 214 g/mol. The van der Waals surface area contributed by atoms with Gasteiger partial charge in [-0.05, 0) is 38.6 Å². The van der Waals surface area contributed by atoms with Crippen LogP contribution < -0.4 is 5.32 Å². The topological polar surface area (TPSA) is 30.5 Å². The van der Waals surface area contributed by atoms with Gasteiger partial charge < -0.3 is 14.8 Å². The maximum Gasteiger partial charge on any atom is 0.0587 e. The van der Waals surface area contributed by atoms with Gasteiger partial charge in [0.15, 0.2) is 0 Å². The number of hydrogen-bond acceptors (Lipinski definition) is 3. The Kier molecular flexibility index (Phi) is 8.67. The Bertz CT molecular complexity index is 176. The molecule has 0 aromatic rings. The first-order valence-corrected chi connectivity index (χ1v) is 7.29. The third kappa shape index (κ3) is 7.02. The van der Waals surface area contributed by atoms with E-state index >= 15 is 0 Å². The molecule has 1 rings (SSSR count). The molecule has 1 aliphatic heterocycles. The summed E-state index contributed by atoms with van der Waals surface area (Å²) in [4.78, 5) is 0. The second kappa shape index (κ2) is 9.86. The van der Waals surface area contributed by atoms with Crippen molar-refractivity contribution in [3.63, 3.8) is 0 Å². The summed E-state index contributed by atoms with van der Waals surface area (Å²) in [6, 6.07) is 0.657. The normalized spacial score (nSPS) is 25.1. The third-order valence-corrected chi connectivity index (χ3v) is 3.36. The van der Waals surface area contributed by atoms with Crippen molar-refractivity contribution < 1.29 is 9.47 Å². The first kappa shape index (κ1) is 14.9. The molecule has 0 saturated carbocycles. The summed E-state index contributed by atoms with van der Waals surface area (Å²) in [6.45, 7) is 8.21. The molecule has 2 atom stereocenters. The number of hydrogen-bond donors (Lipinski definition) is 1. The smallest absolute Gasteiger partial charge is 0.0587 e. The Balaban J connectivity index is 1.91. The largest absolute Gasteiger partial charge is 0.381 e. The highest BCUT2D eigenvalue weighted by Crippen LogP contribution is 2.15. The Labute approximate surface area is 106 Å². The van der Waals surface area contributed by atoms with E-state index in [4.69, 9.17) is 9.47 Å². The zero-order valence-corrected chi connectivity index (χ0v) is 11.5. The molecule has 0 amide bonds. The predicted molar refractivity (Wildman–Crippen MR) is 71.4 cm³/mol. The molecular formula is C14H29NO2. The summed E-state index contributed by atoms with van der Waals surface area (Å²) in [5, 5.41) is 3.62. The molecule has 1 aliphatic rings. The van der Waals surface area contributed by atoms with Crippen molar-refractivity contribution in [3.8, 4) is 0 Å². The lowest BCUT2D eigenvalue weighted by molar-refractivity contribution is -0.000327. The summed E-state index contributed by atoms with van der Waals surface area (Å²) in [5.74, 6) is 0. The van der Waals surface area contributed by atoms with Crippen LogP contribution in [0.15, 0.2) is 0 Å². The summed E-state index contributed by atoms with van der Waals surface area (Å²) >= 11 is 0. The van der Waals surface area contributed by atoms with Crippen LogP contribution in [0.25, 0.3) is 0 Å². The maximum atomic E-state index is 5.66. The number of nitrogens with one attached hydrogen (secondary N) is 1. The van der Waals surface area contributed by atoms with E-state index in [1.807, 2.05) is 0 Å². The fourth-order valence-corrected chi connectivity index (χ4v) is 2.18. The van der Waals surface area contributed by atoms with Crippen molar-refractivity contribution in [2.75, 3.05) is 26.4 Å². The summed E-state index contributed by atoms with van der Waals surface area (Å²) in [5.41, 5.74) is 0. The van der Waals surface area contributed by atoms with Crippen LogP contribution in [0, 0.1) is 0 Å². The minimum Gasteiger partial charge on any atom is -0.381 e. The highest BCUT2D eigenvalue weighted by atomic mass is 16.5. The molecule has 102 valence electrons. The summed E-state index contributed by atoms with van der Waals surface area (Å²) in [7, 11) is 0. The summed E-state index contributed by atoms with van der Waals surface area (Å²) < 4.78 is 11.2. The van der Waals surface area contributed by atoms with Gasteiger partial charge in [0.25, 0.3) is 0 Å². The van der Waals surface area contributed by atoms with Crippen LogP contribution in [-0.2, 0) is 9.47 Å². The molecule has 0 aliphatic carbocycles. The average molecular weight is 243 g/mol. The molecule has 17 heavy (non-hydrogen) atoms. The summed E-state index contributed by atoms with van der Waals surface area (Å²) in [6.07, 6.45) is 7.47. The molecule has 1 N–H and O–H groups in total. The molecule has 1 fully saturated rings. The van der Waals surface area contributed by atoms with Crippen LogP contribution in [0.4, 0.5) is 0 Å². The van der Waals surface area contributed by atoms with Gasteiger partial charge in [0, 0.05) is 25.9 Å². The Morgan fingerprint density at radius 2 is 2.06 bits per heavy atom. The Morgan fingerprint density at radius 1 is 1.24 bits per heavy atom. The van der Waals surface area contributed by atoms with Gasteiger partial charge in [0.05, 0.1) is 6.10 Å². The lowest BCUT2D eigenvalue weighted by atomic mass is 10.0. The van der Waals surface area contributed by atoms with Crippen LogP contribution in [0.2, 0.25) is 0 Å². The maximum absolute atomic E-state index is 5.66. The van der Waals surface area contributed by atoms with Gasteiger partial charge in [-0.15, -0.1) is 0 Å². The molecule has 0 aromatic heterocycles. The molecule has 0 bridgehead atoms. The van der Waals surface area contributed by atoms with Gasteiger partial charge in [-0.1, -0.05) is 20.3 Å². The van der Waals surface area contributed by atoms with Crippen molar-refractivity contribution in [2.45, 2.75) is 64.5 Å². The van der Waals surface area contributed by atoms with Crippen LogP contribution in [0.1, 0.15) is 52.4 Å². The van der Waals surface area contributed by atoms with Crippen LogP contribution >= 0.6 is 0 Å². The Hall–Kier alpha value is -0.120. The standard InChI is InChI=1S/C14H29NO2/c1-3-5-9-16-10-6-8-15-13-7-11-17-14(4-2)12-13/h13-15H,3-12H2,1-2H3. The van der Waals surface area contributed by atoms with Gasteiger partial charge in [-0.2, -0.15) is 0 Å². The van der Waals surface area contributed by atoms with Gasteiger partial charge >= 0.3 is 0 Å². The first-order chi connectivity index (χ1) is 8.36. The average Bonchev–Trinajstić information content (AvgIpc) is 2.38. The van der Waals surface area contributed by atoms with E-state index < -0.39 is 0 Å². The van der Waals surface area contributed by atoms with Crippen molar-refractivity contribution in [2.24, 2.45) is 0 Å². The predicted octanol–water partition coefficient (Wildman–Crippen LogP) is 2.74. The molecule has 3 nitrogen and oxygen atoms in total. The second-order valence-electron chi connectivity index (χ2n) is 4.90. The van der Waals surface area contributed by atoms with Crippen molar-refractivity contribution in [1.82, 2.24) is 5.32 Å². The lowest BCUT2D eigenvalue weighted by Gasteiger charge is -2.29. The highest BCUT2D eigenvalue weighted by Gasteiger charge is 2.20. The second-order valence-corrected chi connectivity index (χ2v) is 4.90. The van der Waals surface area contributed by atoms with E-state index in [1.54, 1.807) is 0 Å². The number of ether oxygens (including phenoxy) is 2. The van der Waals surface area contributed by atoms with E-state index in [0.29, 0.717) is 12.1 Å². The molecule has 3 heteroatoms. The lowest BCUT2D eigenvalue weighted by Crippen LogP contribution is -2.39. The minimum absolute atomic E-state index is 0.474. The van der Waals surface area contributed by atoms with E-state index in [2.05, 4.69) is 19.2 Å². The molecule has 0 radical (unpaired) electrons. The minimum atomic E-state index is 0.474. The Morgan fingerprint density at radius 3 is 2.82 bits per heavy atom. The van der Waals surface area contributed by atoms with Gasteiger partial charge in [-0.25, -0.2) is 0 Å². The molecule has 2 unspecified atom stereocenters. The fraction of sp³-hybridized carbons (Fsp3) is 1.00. The van der Waals surface area contributed by atoms with Gasteiger partial charge in [-0.3, -0.25) is 0 Å². The third-order valence-electron chi connectivity index (χ3n) is 3.36.